The number of aryl methyl sites for hydroxylation is 1. The Hall–Kier alpha value is -2.25. The number of carbonyl (C=O) groups is 1. The molecule has 1 saturated heterocycles. The molecule has 1 aromatic carbocycles. The monoisotopic (exact) mass is 360 g/mol. The lowest BCUT2D eigenvalue weighted by atomic mass is 10.2. The molecule has 1 fully saturated rings. The number of carbonyl (C=O) groups excluding carboxylic acids is 1. The Kier molecular flexibility index (Phi) is 6.74. The van der Waals surface area contributed by atoms with Crippen LogP contribution in [-0.2, 0) is 25.4 Å². The van der Waals surface area contributed by atoms with Crippen LogP contribution in [0, 0.1) is 0 Å². The van der Waals surface area contributed by atoms with E-state index in [0.717, 1.165) is 25.0 Å². The zero-order chi connectivity index (χ0) is 18.2. The van der Waals surface area contributed by atoms with Crippen molar-refractivity contribution >= 4 is 5.97 Å². The van der Waals surface area contributed by atoms with E-state index in [1.54, 1.807) is 6.92 Å². The van der Waals surface area contributed by atoms with Crippen LogP contribution < -0.4 is 0 Å². The van der Waals surface area contributed by atoms with Crippen molar-refractivity contribution in [1.82, 2.24) is 10.1 Å². The molecule has 2 unspecified atom stereocenters. The van der Waals surface area contributed by atoms with Crippen molar-refractivity contribution in [2.24, 2.45) is 0 Å². The minimum atomic E-state index is -0.590. The molecule has 2 atom stereocenters. The lowest BCUT2D eigenvalue weighted by Gasteiger charge is -2.15. The van der Waals surface area contributed by atoms with Crippen LogP contribution in [0.1, 0.15) is 32.1 Å². The summed E-state index contributed by atoms with van der Waals surface area (Å²) in [7, 11) is 0. The van der Waals surface area contributed by atoms with E-state index >= 15 is 0 Å². The summed E-state index contributed by atoms with van der Waals surface area (Å²) in [4.78, 5) is 16.3. The summed E-state index contributed by atoms with van der Waals surface area (Å²) in [5.41, 5.74) is 0.908. The highest BCUT2D eigenvalue weighted by Gasteiger charge is 2.20. The molecule has 0 bridgehead atoms. The molecule has 0 spiro atoms. The summed E-state index contributed by atoms with van der Waals surface area (Å²) in [5.74, 6) is 0.731. The Morgan fingerprint density at radius 3 is 2.96 bits per heavy atom. The van der Waals surface area contributed by atoms with E-state index in [9.17, 15) is 4.79 Å². The molecule has 0 N–H and O–H groups in total. The second-order valence-electron chi connectivity index (χ2n) is 6.26. The van der Waals surface area contributed by atoms with Crippen LogP contribution in [0.5, 0.6) is 0 Å². The van der Waals surface area contributed by atoms with Gasteiger partial charge in [-0.2, -0.15) is 4.98 Å². The molecule has 2 heterocycles. The molecule has 1 aliphatic rings. The summed E-state index contributed by atoms with van der Waals surface area (Å²) in [6.07, 6.45) is 2.71. The van der Waals surface area contributed by atoms with E-state index in [2.05, 4.69) is 10.1 Å². The van der Waals surface area contributed by atoms with E-state index in [1.165, 1.54) is 0 Å². The number of nitrogens with zero attached hydrogens (tertiary/aromatic N) is 2. The second kappa shape index (κ2) is 9.45. The van der Waals surface area contributed by atoms with Crippen molar-refractivity contribution in [3.63, 3.8) is 0 Å². The summed E-state index contributed by atoms with van der Waals surface area (Å²) in [5, 5.41) is 3.96. The lowest BCUT2D eigenvalue weighted by molar-refractivity contribution is -0.157. The van der Waals surface area contributed by atoms with Crippen molar-refractivity contribution in [3.05, 3.63) is 36.2 Å². The zero-order valence-electron chi connectivity index (χ0n) is 14.9. The van der Waals surface area contributed by atoms with Gasteiger partial charge in [0.05, 0.1) is 19.3 Å². The maximum Gasteiger partial charge on any atom is 0.334 e. The van der Waals surface area contributed by atoms with E-state index < -0.39 is 6.10 Å². The van der Waals surface area contributed by atoms with Gasteiger partial charge in [0.1, 0.15) is 0 Å². The van der Waals surface area contributed by atoms with Crippen molar-refractivity contribution in [1.29, 1.82) is 0 Å². The van der Waals surface area contributed by atoms with Crippen LogP contribution in [0.15, 0.2) is 34.9 Å². The third kappa shape index (κ3) is 5.37. The van der Waals surface area contributed by atoms with Crippen LogP contribution in [0.3, 0.4) is 0 Å². The maximum absolute atomic E-state index is 11.9. The van der Waals surface area contributed by atoms with E-state index in [1.807, 2.05) is 30.3 Å². The first kappa shape index (κ1) is 18.5. The highest BCUT2D eigenvalue weighted by Crippen LogP contribution is 2.15. The van der Waals surface area contributed by atoms with Gasteiger partial charge >= 0.3 is 5.97 Å². The van der Waals surface area contributed by atoms with Gasteiger partial charge in [0, 0.05) is 18.6 Å². The Bertz CT molecular complexity index is 682. The molecule has 2 aromatic rings. The molecule has 1 aliphatic heterocycles. The normalized spacial score (nSPS) is 18.0. The van der Waals surface area contributed by atoms with Crippen LogP contribution in [-0.4, -0.2) is 48.1 Å². The van der Waals surface area contributed by atoms with Crippen LogP contribution in [0.4, 0.5) is 0 Å². The van der Waals surface area contributed by atoms with Crippen LogP contribution >= 0.6 is 0 Å². The van der Waals surface area contributed by atoms with Gasteiger partial charge in [-0.25, -0.2) is 4.79 Å². The molecule has 0 radical (unpaired) electrons. The van der Waals surface area contributed by atoms with Gasteiger partial charge in [0.2, 0.25) is 11.7 Å². The highest BCUT2D eigenvalue weighted by atomic mass is 16.6. The first-order valence-corrected chi connectivity index (χ1v) is 9.00. The topological polar surface area (TPSA) is 83.7 Å². The number of aromatic nitrogens is 2. The molecular formula is C19H24N2O5. The van der Waals surface area contributed by atoms with Gasteiger partial charge in [-0.05, 0) is 26.2 Å². The average Bonchev–Trinajstić information content (AvgIpc) is 3.35. The molecular weight excluding hydrogens is 336 g/mol. The number of benzene rings is 1. The van der Waals surface area contributed by atoms with Crippen LogP contribution in [0.25, 0.3) is 11.4 Å². The average molecular weight is 360 g/mol. The number of esters is 1. The Morgan fingerprint density at radius 1 is 1.35 bits per heavy atom. The van der Waals surface area contributed by atoms with Gasteiger partial charge in [0.15, 0.2) is 6.10 Å². The van der Waals surface area contributed by atoms with E-state index in [-0.39, 0.29) is 18.7 Å². The summed E-state index contributed by atoms with van der Waals surface area (Å²) < 4.78 is 21.4. The van der Waals surface area contributed by atoms with Gasteiger partial charge in [0.25, 0.3) is 0 Å². The number of ether oxygens (including phenoxy) is 3. The molecule has 1 aromatic heterocycles. The quantitative estimate of drug-likeness (QED) is 0.502. The minimum absolute atomic E-state index is 0.0987. The molecule has 0 amide bonds. The smallest absolute Gasteiger partial charge is 0.334 e. The Balaban J connectivity index is 1.33. The summed E-state index contributed by atoms with van der Waals surface area (Å²) in [6, 6.07) is 9.63. The SMILES string of the molecule is CC(OCC1CCCO1)C(=O)OCCCc1nc(-c2ccccc2)no1. The highest BCUT2D eigenvalue weighted by molar-refractivity contribution is 5.74. The summed E-state index contributed by atoms with van der Waals surface area (Å²) >= 11 is 0. The van der Waals surface area contributed by atoms with Crippen molar-refractivity contribution < 1.29 is 23.5 Å². The fourth-order valence-electron chi connectivity index (χ4n) is 2.67. The fourth-order valence-corrected chi connectivity index (χ4v) is 2.67. The minimum Gasteiger partial charge on any atom is -0.464 e. The van der Waals surface area contributed by atoms with Crippen LogP contribution in [0.2, 0.25) is 0 Å². The van der Waals surface area contributed by atoms with Crippen molar-refractivity contribution in [3.8, 4) is 11.4 Å². The maximum atomic E-state index is 11.9. The molecule has 3 rings (SSSR count). The third-order valence-corrected chi connectivity index (χ3v) is 4.17. The van der Waals surface area contributed by atoms with Gasteiger partial charge in [-0.15, -0.1) is 0 Å². The predicted octanol–water partition coefficient (Wildman–Crippen LogP) is 2.80. The van der Waals surface area contributed by atoms with E-state index in [0.29, 0.717) is 31.2 Å². The molecule has 7 nitrogen and oxygen atoms in total. The Morgan fingerprint density at radius 2 is 2.19 bits per heavy atom. The number of hydrogen-bond acceptors (Lipinski definition) is 7. The standard InChI is InChI=1S/C19H24N2O5/c1-14(25-13-16-9-5-11-23-16)19(22)24-12-6-10-17-20-18(21-26-17)15-7-3-2-4-8-15/h2-4,7-8,14,16H,5-6,9-13H2,1H3. The molecule has 7 heteroatoms. The van der Waals surface area contributed by atoms with Gasteiger partial charge in [-0.3, -0.25) is 0 Å². The summed E-state index contributed by atoms with van der Waals surface area (Å²) in [6.45, 7) is 3.19. The second-order valence-corrected chi connectivity index (χ2v) is 6.26. The Labute approximate surface area is 152 Å². The zero-order valence-corrected chi connectivity index (χ0v) is 14.9. The van der Waals surface area contributed by atoms with Gasteiger partial charge < -0.3 is 18.7 Å². The van der Waals surface area contributed by atoms with Crippen molar-refractivity contribution in [2.45, 2.75) is 44.8 Å². The number of rotatable bonds is 9. The molecule has 26 heavy (non-hydrogen) atoms. The van der Waals surface area contributed by atoms with E-state index in [4.69, 9.17) is 18.7 Å². The molecule has 0 aliphatic carbocycles. The lowest BCUT2D eigenvalue weighted by Crippen LogP contribution is -2.27. The molecule has 140 valence electrons. The molecule has 0 saturated carbocycles. The third-order valence-electron chi connectivity index (χ3n) is 4.17. The van der Waals surface area contributed by atoms with Crippen molar-refractivity contribution in [2.75, 3.05) is 19.8 Å². The largest absolute Gasteiger partial charge is 0.464 e. The number of hydrogen-bond donors (Lipinski definition) is 0. The predicted molar refractivity (Wildman–Crippen MR) is 93.4 cm³/mol. The van der Waals surface area contributed by atoms with Gasteiger partial charge in [-0.1, -0.05) is 35.5 Å². The fraction of sp³-hybridized carbons (Fsp3) is 0.526. The first-order chi connectivity index (χ1) is 12.7. The first-order valence-electron chi connectivity index (χ1n) is 9.00.